The fourth-order valence-corrected chi connectivity index (χ4v) is 2.23. The van der Waals surface area contributed by atoms with Gasteiger partial charge in [-0.15, -0.1) is 0 Å². The van der Waals surface area contributed by atoms with Gasteiger partial charge in [-0.1, -0.05) is 25.1 Å². The molecule has 1 aromatic carbocycles. The number of rotatable bonds is 1. The Morgan fingerprint density at radius 3 is 2.69 bits per heavy atom. The lowest BCUT2D eigenvalue weighted by molar-refractivity contribution is 0.0760. The van der Waals surface area contributed by atoms with Gasteiger partial charge in [0.2, 0.25) is 0 Å². The number of benzene rings is 1. The zero-order valence-corrected chi connectivity index (χ0v) is 9.86. The van der Waals surface area contributed by atoms with Gasteiger partial charge in [0, 0.05) is 18.7 Å². The van der Waals surface area contributed by atoms with Crippen molar-refractivity contribution >= 4 is 5.91 Å². The van der Waals surface area contributed by atoms with E-state index >= 15 is 0 Å². The van der Waals surface area contributed by atoms with Crippen molar-refractivity contribution in [2.75, 3.05) is 13.1 Å². The van der Waals surface area contributed by atoms with Gasteiger partial charge >= 0.3 is 0 Å². The average molecular weight is 217 g/mol. The van der Waals surface area contributed by atoms with Gasteiger partial charge in [-0.05, 0) is 37.3 Å². The van der Waals surface area contributed by atoms with Crippen LogP contribution in [-0.4, -0.2) is 23.9 Å². The van der Waals surface area contributed by atoms with Crippen LogP contribution in [0, 0.1) is 5.92 Å². The molecule has 0 bridgehead atoms. The molecule has 16 heavy (non-hydrogen) atoms. The second-order valence-corrected chi connectivity index (χ2v) is 4.69. The molecule has 1 atom stereocenters. The van der Waals surface area contributed by atoms with E-state index in [9.17, 15) is 4.79 Å². The molecule has 1 aliphatic heterocycles. The molecule has 1 heterocycles. The fourth-order valence-electron chi connectivity index (χ4n) is 2.23. The minimum Gasteiger partial charge on any atom is -0.339 e. The summed E-state index contributed by atoms with van der Waals surface area (Å²) < 4.78 is 0. The molecule has 1 unspecified atom stereocenters. The topological polar surface area (TPSA) is 20.3 Å². The lowest BCUT2D eigenvalue weighted by Gasteiger charge is -2.20. The van der Waals surface area contributed by atoms with Crippen LogP contribution >= 0.6 is 0 Å². The summed E-state index contributed by atoms with van der Waals surface area (Å²) in [6.07, 6.45) is 3.52. The summed E-state index contributed by atoms with van der Waals surface area (Å²) in [7, 11) is 0. The summed E-state index contributed by atoms with van der Waals surface area (Å²) in [6.45, 7) is 4.10. The first-order valence-electron chi connectivity index (χ1n) is 6.11. The second kappa shape index (κ2) is 5.15. The molecule has 0 N–H and O–H groups in total. The summed E-state index contributed by atoms with van der Waals surface area (Å²) in [4.78, 5) is 14.2. The highest BCUT2D eigenvalue weighted by Crippen LogP contribution is 2.18. The highest BCUT2D eigenvalue weighted by atomic mass is 16.2. The first kappa shape index (κ1) is 11.2. The van der Waals surface area contributed by atoms with E-state index in [1.165, 1.54) is 6.42 Å². The molecule has 1 amide bonds. The zero-order valence-electron chi connectivity index (χ0n) is 9.86. The molecular formula is C14H19NO. The van der Waals surface area contributed by atoms with Crippen LogP contribution in [0.15, 0.2) is 30.3 Å². The van der Waals surface area contributed by atoms with Crippen molar-refractivity contribution in [1.82, 2.24) is 4.90 Å². The summed E-state index contributed by atoms with van der Waals surface area (Å²) in [5, 5.41) is 0. The smallest absolute Gasteiger partial charge is 0.253 e. The number of amides is 1. The molecule has 0 radical (unpaired) electrons. The van der Waals surface area contributed by atoms with Gasteiger partial charge in [-0.2, -0.15) is 0 Å². The Hall–Kier alpha value is -1.31. The van der Waals surface area contributed by atoms with E-state index in [0.29, 0.717) is 0 Å². The van der Waals surface area contributed by atoms with E-state index in [1.54, 1.807) is 0 Å². The quantitative estimate of drug-likeness (QED) is 0.708. The number of likely N-dealkylation sites (tertiary alicyclic amines) is 1. The van der Waals surface area contributed by atoms with E-state index in [0.717, 1.165) is 37.4 Å². The molecule has 1 aliphatic rings. The highest BCUT2D eigenvalue weighted by molar-refractivity contribution is 5.94. The average Bonchev–Trinajstić information content (AvgIpc) is 2.54. The van der Waals surface area contributed by atoms with E-state index in [-0.39, 0.29) is 5.91 Å². The molecule has 2 heteroatoms. The first-order valence-corrected chi connectivity index (χ1v) is 6.11. The summed E-state index contributed by atoms with van der Waals surface area (Å²) in [5.74, 6) is 0.947. The third-order valence-corrected chi connectivity index (χ3v) is 3.32. The van der Waals surface area contributed by atoms with Crippen molar-refractivity contribution in [2.24, 2.45) is 5.92 Å². The SMILES string of the molecule is CC1CCCN(C(=O)c2ccccc2)CC1. The Balaban J connectivity index is 2.04. The van der Waals surface area contributed by atoms with Gasteiger partial charge in [0.25, 0.3) is 5.91 Å². The monoisotopic (exact) mass is 217 g/mol. The first-order chi connectivity index (χ1) is 7.77. The third kappa shape index (κ3) is 2.63. The van der Waals surface area contributed by atoms with Crippen molar-refractivity contribution in [3.8, 4) is 0 Å². The van der Waals surface area contributed by atoms with E-state index in [1.807, 2.05) is 35.2 Å². The largest absolute Gasteiger partial charge is 0.339 e. The number of hydrogen-bond acceptors (Lipinski definition) is 1. The van der Waals surface area contributed by atoms with Crippen molar-refractivity contribution in [3.63, 3.8) is 0 Å². The lowest BCUT2D eigenvalue weighted by atomic mass is 10.0. The van der Waals surface area contributed by atoms with Crippen molar-refractivity contribution in [1.29, 1.82) is 0 Å². The molecular weight excluding hydrogens is 198 g/mol. The molecule has 2 nitrogen and oxygen atoms in total. The Morgan fingerprint density at radius 1 is 1.19 bits per heavy atom. The molecule has 0 spiro atoms. The van der Waals surface area contributed by atoms with Gasteiger partial charge in [-0.3, -0.25) is 4.79 Å². The van der Waals surface area contributed by atoms with Crippen molar-refractivity contribution in [2.45, 2.75) is 26.2 Å². The number of carbonyl (C=O) groups excluding carboxylic acids is 1. The van der Waals surface area contributed by atoms with E-state index < -0.39 is 0 Å². The number of carbonyl (C=O) groups is 1. The molecule has 1 aromatic rings. The predicted octanol–water partition coefficient (Wildman–Crippen LogP) is 2.95. The molecule has 0 saturated carbocycles. The fraction of sp³-hybridized carbons (Fsp3) is 0.500. The molecule has 0 aromatic heterocycles. The van der Waals surface area contributed by atoms with Gasteiger partial charge in [0.05, 0.1) is 0 Å². The van der Waals surface area contributed by atoms with Crippen LogP contribution in [0.5, 0.6) is 0 Å². The van der Waals surface area contributed by atoms with Crippen LogP contribution in [0.2, 0.25) is 0 Å². The Labute approximate surface area is 97.3 Å². The maximum atomic E-state index is 12.2. The van der Waals surface area contributed by atoms with Crippen LogP contribution in [0.25, 0.3) is 0 Å². The van der Waals surface area contributed by atoms with Crippen LogP contribution in [0.4, 0.5) is 0 Å². The van der Waals surface area contributed by atoms with Crippen LogP contribution in [0.1, 0.15) is 36.5 Å². The minimum atomic E-state index is 0.190. The van der Waals surface area contributed by atoms with Crippen molar-refractivity contribution < 1.29 is 4.79 Å². The lowest BCUT2D eigenvalue weighted by Crippen LogP contribution is -2.31. The van der Waals surface area contributed by atoms with Gasteiger partial charge in [0.1, 0.15) is 0 Å². The summed E-state index contributed by atoms with van der Waals surface area (Å²) >= 11 is 0. The minimum absolute atomic E-state index is 0.190. The number of hydrogen-bond donors (Lipinski definition) is 0. The normalized spacial score (nSPS) is 21.6. The Morgan fingerprint density at radius 2 is 1.94 bits per heavy atom. The molecule has 86 valence electrons. The predicted molar refractivity (Wildman–Crippen MR) is 65.4 cm³/mol. The van der Waals surface area contributed by atoms with Gasteiger partial charge in [-0.25, -0.2) is 0 Å². The van der Waals surface area contributed by atoms with Crippen LogP contribution < -0.4 is 0 Å². The molecule has 1 saturated heterocycles. The second-order valence-electron chi connectivity index (χ2n) is 4.69. The zero-order chi connectivity index (χ0) is 11.4. The number of nitrogens with zero attached hydrogens (tertiary/aromatic N) is 1. The Kier molecular flexibility index (Phi) is 3.60. The summed E-state index contributed by atoms with van der Waals surface area (Å²) in [5.41, 5.74) is 0.817. The van der Waals surface area contributed by atoms with Gasteiger partial charge < -0.3 is 4.90 Å². The van der Waals surface area contributed by atoms with E-state index in [2.05, 4.69) is 6.92 Å². The summed E-state index contributed by atoms with van der Waals surface area (Å²) in [6, 6.07) is 9.59. The van der Waals surface area contributed by atoms with Crippen LogP contribution in [-0.2, 0) is 0 Å². The highest BCUT2D eigenvalue weighted by Gasteiger charge is 2.19. The maximum Gasteiger partial charge on any atom is 0.253 e. The standard InChI is InChI=1S/C14H19NO/c1-12-6-5-10-15(11-9-12)14(16)13-7-3-2-4-8-13/h2-4,7-8,12H,5-6,9-11H2,1H3. The maximum absolute atomic E-state index is 12.2. The Bertz CT molecular complexity index is 347. The van der Waals surface area contributed by atoms with E-state index in [4.69, 9.17) is 0 Å². The van der Waals surface area contributed by atoms with Crippen molar-refractivity contribution in [3.05, 3.63) is 35.9 Å². The van der Waals surface area contributed by atoms with Gasteiger partial charge in [0.15, 0.2) is 0 Å². The molecule has 1 fully saturated rings. The van der Waals surface area contributed by atoms with Crippen LogP contribution in [0.3, 0.4) is 0 Å². The molecule has 0 aliphatic carbocycles. The molecule has 2 rings (SSSR count). The third-order valence-electron chi connectivity index (χ3n) is 3.32.